The zero-order valence-electron chi connectivity index (χ0n) is 17.6. The lowest BCUT2D eigenvalue weighted by atomic mass is 10.1. The molecular formula is C25H17ClINO5. The normalized spacial score (nSPS) is 14.1. The Bertz CT molecular complexity index is 1330. The number of rotatable bonds is 5. The van der Waals surface area contributed by atoms with Crippen LogP contribution in [0, 0.1) is 10.5 Å². The number of carbonyl (C=O) groups is 2. The number of nitrogens with zero attached hydrogens (tertiary/aromatic N) is 1. The molecule has 0 bridgehead atoms. The van der Waals surface area contributed by atoms with Crippen LogP contribution < -0.4 is 9.47 Å². The summed E-state index contributed by atoms with van der Waals surface area (Å²) < 4.78 is 17.0. The standard InChI is InChI=1S/C25H17ClINO5/c1-14-7-3-4-8-16(14)24(29)32-22-19(27)11-15(13-21(22)31-2)12-20-25(30)33-23(28-20)17-9-5-6-10-18(17)26/h3-13H,1-2H3/b20-12-. The summed E-state index contributed by atoms with van der Waals surface area (Å²) in [5.41, 5.74) is 2.55. The van der Waals surface area contributed by atoms with Crippen molar-refractivity contribution in [2.24, 2.45) is 4.99 Å². The number of carbonyl (C=O) groups excluding carboxylic acids is 2. The van der Waals surface area contributed by atoms with Crippen LogP contribution in [0.1, 0.15) is 27.0 Å². The summed E-state index contributed by atoms with van der Waals surface area (Å²) in [4.78, 5) is 29.3. The van der Waals surface area contributed by atoms with Crippen molar-refractivity contribution in [3.8, 4) is 11.5 Å². The highest BCUT2D eigenvalue weighted by Crippen LogP contribution is 2.36. The minimum Gasteiger partial charge on any atom is -0.493 e. The van der Waals surface area contributed by atoms with Crippen LogP contribution in [0.2, 0.25) is 5.02 Å². The SMILES string of the molecule is COc1cc(/C=C2\N=C(c3ccccc3Cl)OC2=O)cc(I)c1OC(=O)c1ccccc1C. The van der Waals surface area contributed by atoms with Crippen molar-refractivity contribution in [1.29, 1.82) is 0 Å². The molecule has 1 aliphatic rings. The van der Waals surface area contributed by atoms with E-state index in [1.807, 2.05) is 19.1 Å². The highest BCUT2D eigenvalue weighted by Gasteiger charge is 2.26. The van der Waals surface area contributed by atoms with Crippen LogP contribution >= 0.6 is 34.2 Å². The fraction of sp³-hybridized carbons (Fsp3) is 0.0800. The van der Waals surface area contributed by atoms with Gasteiger partial charge >= 0.3 is 11.9 Å². The minimum absolute atomic E-state index is 0.118. The first kappa shape index (κ1) is 23.0. The van der Waals surface area contributed by atoms with E-state index in [1.54, 1.807) is 54.6 Å². The van der Waals surface area contributed by atoms with Gasteiger partial charge in [0.1, 0.15) is 0 Å². The Labute approximate surface area is 209 Å². The highest BCUT2D eigenvalue weighted by molar-refractivity contribution is 14.1. The van der Waals surface area contributed by atoms with Gasteiger partial charge in [-0.1, -0.05) is 41.9 Å². The monoisotopic (exact) mass is 573 g/mol. The molecule has 0 N–H and O–H groups in total. The van der Waals surface area contributed by atoms with Crippen LogP contribution in [-0.2, 0) is 9.53 Å². The lowest BCUT2D eigenvalue weighted by Crippen LogP contribution is -2.11. The number of hydrogen-bond donors (Lipinski definition) is 0. The molecule has 3 aromatic carbocycles. The quantitative estimate of drug-likeness (QED) is 0.166. The molecule has 0 unspecified atom stereocenters. The number of benzene rings is 3. The van der Waals surface area contributed by atoms with E-state index in [2.05, 4.69) is 27.6 Å². The molecule has 6 nitrogen and oxygen atoms in total. The minimum atomic E-state index is -0.589. The molecular weight excluding hydrogens is 557 g/mol. The Morgan fingerprint density at radius 2 is 1.85 bits per heavy atom. The van der Waals surface area contributed by atoms with Gasteiger partial charge < -0.3 is 14.2 Å². The molecule has 0 fully saturated rings. The maximum atomic E-state index is 12.7. The second-order valence-electron chi connectivity index (χ2n) is 7.05. The Kier molecular flexibility index (Phi) is 6.80. The number of aliphatic imine (C=N–C) groups is 1. The Morgan fingerprint density at radius 3 is 2.58 bits per heavy atom. The van der Waals surface area contributed by atoms with Crippen LogP contribution in [-0.4, -0.2) is 24.9 Å². The molecule has 0 spiro atoms. The van der Waals surface area contributed by atoms with E-state index in [-0.39, 0.29) is 11.6 Å². The molecule has 3 aromatic rings. The number of aryl methyl sites for hydroxylation is 1. The first-order valence-corrected chi connectivity index (χ1v) is 11.3. The summed E-state index contributed by atoms with van der Waals surface area (Å²) in [5.74, 6) is -0.292. The van der Waals surface area contributed by atoms with E-state index >= 15 is 0 Å². The average molecular weight is 574 g/mol. The summed E-state index contributed by atoms with van der Waals surface area (Å²) >= 11 is 8.23. The number of methoxy groups -OCH3 is 1. The Morgan fingerprint density at radius 1 is 1.12 bits per heavy atom. The molecule has 1 heterocycles. The lowest BCUT2D eigenvalue weighted by Gasteiger charge is -2.13. The number of halogens is 2. The van der Waals surface area contributed by atoms with Crippen molar-refractivity contribution in [3.05, 3.63) is 97.2 Å². The number of ether oxygens (including phenoxy) is 3. The summed E-state index contributed by atoms with van der Waals surface area (Å²) in [5, 5.41) is 0.432. The molecule has 0 saturated heterocycles. The van der Waals surface area contributed by atoms with Gasteiger partial charge in [0.2, 0.25) is 5.90 Å². The van der Waals surface area contributed by atoms with E-state index in [0.29, 0.717) is 36.8 Å². The largest absolute Gasteiger partial charge is 0.493 e. The molecule has 166 valence electrons. The van der Waals surface area contributed by atoms with E-state index < -0.39 is 11.9 Å². The maximum Gasteiger partial charge on any atom is 0.363 e. The zero-order chi connectivity index (χ0) is 23.5. The molecule has 33 heavy (non-hydrogen) atoms. The van der Waals surface area contributed by atoms with Crippen molar-refractivity contribution in [2.45, 2.75) is 6.92 Å². The first-order chi connectivity index (χ1) is 15.9. The fourth-order valence-electron chi connectivity index (χ4n) is 3.19. The van der Waals surface area contributed by atoms with E-state index in [4.69, 9.17) is 25.8 Å². The van der Waals surface area contributed by atoms with Gasteiger partial charge in [-0.15, -0.1) is 0 Å². The van der Waals surface area contributed by atoms with Crippen molar-refractivity contribution >= 4 is 58.1 Å². The number of esters is 2. The molecule has 0 atom stereocenters. The molecule has 4 rings (SSSR count). The van der Waals surface area contributed by atoms with Gasteiger partial charge in [-0.05, 0) is 77.0 Å². The average Bonchev–Trinajstić information content (AvgIpc) is 3.15. The third kappa shape index (κ3) is 4.94. The third-order valence-electron chi connectivity index (χ3n) is 4.84. The Balaban J connectivity index is 1.65. The van der Waals surface area contributed by atoms with Gasteiger partial charge in [0.15, 0.2) is 17.2 Å². The van der Waals surface area contributed by atoms with Gasteiger partial charge in [0.05, 0.1) is 26.8 Å². The summed E-state index contributed by atoms with van der Waals surface area (Å²) in [7, 11) is 1.48. The van der Waals surface area contributed by atoms with Crippen molar-refractivity contribution in [3.63, 3.8) is 0 Å². The summed E-state index contributed by atoms with van der Waals surface area (Å²) in [6.45, 7) is 1.84. The van der Waals surface area contributed by atoms with E-state index in [0.717, 1.165) is 5.56 Å². The topological polar surface area (TPSA) is 74.2 Å². The zero-order valence-corrected chi connectivity index (χ0v) is 20.5. The van der Waals surface area contributed by atoms with E-state index in [9.17, 15) is 9.59 Å². The second kappa shape index (κ2) is 9.76. The van der Waals surface area contributed by atoms with Gasteiger partial charge in [-0.25, -0.2) is 14.6 Å². The van der Waals surface area contributed by atoms with Crippen molar-refractivity contribution < 1.29 is 23.8 Å². The predicted molar refractivity (Wildman–Crippen MR) is 134 cm³/mol. The molecule has 0 radical (unpaired) electrons. The van der Waals surface area contributed by atoms with Crippen LogP contribution in [0.25, 0.3) is 6.08 Å². The second-order valence-corrected chi connectivity index (χ2v) is 8.62. The van der Waals surface area contributed by atoms with Gasteiger partial charge in [-0.2, -0.15) is 0 Å². The van der Waals surface area contributed by atoms with Crippen LogP contribution in [0.15, 0.2) is 71.4 Å². The summed E-state index contributed by atoms with van der Waals surface area (Å²) in [6.07, 6.45) is 1.57. The van der Waals surface area contributed by atoms with Gasteiger partial charge in [-0.3, -0.25) is 0 Å². The van der Waals surface area contributed by atoms with Gasteiger partial charge in [0.25, 0.3) is 0 Å². The van der Waals surface area contributed by atoms with E-state index in [1.165, 1.54) is 7.11 Å². The van der Waals surface area contributed by atoms with Crippen molar-refractivity contribution in [1.82, 2.24) is 0 Å². The Hall–Kier alpha value is -3.17. The van der Waals surface area contributed by atoms with Crippen LogP contribution in [0.5, 0.6) is 11.5 Å². The first-order valence-electron chi connectivity index (χ1n) is 9.80. The lowest BCUT2D eigenvalue weighted by molar-refractivity contribution is -0.129. The molecule has 0 saturated carbocycles. The maximum absolute atomic E-state index is 12.7. The molecule has 0 aliphatic carbocycles. The molecule has 0 aromatic heterocycles. The number of cyclic esters (lactones) is 1. The number of hydrogen-bond acceptors (Lipinski definition) is 6. The fourth-order valence-corrected chi connectivity index (χ4v) is 4.14. The van der Waals surface area contributed by atoms with Crippen LogP contribution in [0.3, 0.4) is 0 Å². The predicted octanol–water partition coefficient (Wildman–Crippen LogP) is 5.83. The van der Waals surface area contributed by atoms with Gasteiger partial charge in [0, 0.05) is 0 Å². The molecule has 0 amide bonds. The highest BCUT2D eigenvalue weighted by atomic mass is 127. The van der Waals surface area contributed by atoms with Crippen molar-refractivity contribution in [2.75, 3.05) is 7.11 Å². The summed E-state index contributed by atoms with van der Waals surface area (Å²) in [6, 6.07) is 17.6. The molecule has 8 heteroatoms. The molecule has 1 aliphatic heterocycles. The third-order valence-corrected chi connectivity index (χ3v) is 5.97. The van der Waals surface area contributed by atoms with Crippen LogP contribution in [0.4, 0.5) is 0 Å². The smallest absolute Gasteiger partial charge is 0.363 e.